The molecule has 118 valence electrons. The third-order valence-electron chi connectivity index (χ3n) is 5.83. The maximum atomic E-state index is 13.1. The van der Waals surface area contributed by atoms with E-state index < -0.39 is 0 Å². The zero-order chi connectivity index (χ0) is 15.0. The quantitative estimate of drug-likeness (QED) is 0.790. The van der Waals surface area contributed by atoms with Crippen LogP contribution in [0.25, 0.3) is 0 Å². The van der Waals surface area contributed by atoms with Crippen LogP contribution in [0.15, 0.2) is 0 Å². The summed E-state index contributed by atoms with van der Waals surface area (Å²) >= 11 is 0. The molecule has 3 heterocycles. The van der Waals surface area contributed by atoms with Crippen molar-refractivity contribution < 1.29 is 9.59 Å². The van der Waals surface area contributed by atoms with Crippen LogP contribution in [0.3, 0.4) is 0 Å². The number of nitrogens with zero attached hydrogens (tertiary/aromatic N) is 1. The molecule has 3 fully saturated rings. The van der Waals surface area contributed by atoms with Crippen LogP contribution in [-0.2, 0) is 9.59 Å². The summed E-state index contributed by atoms with van der Waals surface area (Å²) in [4.78, 5) is 26.7. The van der Waals surface area contributed by atoms with E-state index in [0.717, 1.165) is 45.4 Å². The fourth-order valence-corrected chi connectivity index (χ4v) is 4.24. The summed E-state index contributed by atoms with van der Waals surface area (Å²) in [5.74, 6) is 1.32. The summed E-state index contributed by atoms with van der Waals surface area (Å²) in [6, 6.07) is 0.284. The lowest BCUT2D eigenvalue weighted by molar-refractivity contribution is -0.146. The van der Waals surface area contributed by atoms with Crippen molar-refractivity contribution in [2.45, 2.75) is 45.6 Å². The Morgan fingerprint density at radius 3 is 2.86 bits per heavy atom. The Morgan fingerprint density at radius 1 is 1.38 bits per heavy atom. The predicted octanol–water partition coefficient (Wildman–Crippen LogP) is 0.749. The van der Waals surface area contributed by atoms with E-state index in [1.54, 1.807) is 0 Å². The third-order valence-corrected chi connectivity index (χ3v) is 5.83. The monoisotopic (exact) mass is 293 g/mol. The summed E-state index contributed by atoms with van der Waals surface area (Å²) in [6.07, 6.45) is 3.39. The Morgan fingerprint density at radius 2 is 2.19 bits per heavy atom. The van der Waals surface area contributed by atoms with Crippen LogP contribution < -0.4 is 10.6 Å². The first kappa shape index (κ1) is 14.8. The Kier molecular flexibility index (Phi) is 3.95. The van der Waals surface area contributed by atoms with Crippen LogP contribution in [0.1, 0.15) is 39.5 Å². The van der Waals surface area contributed by atoms with Crippen LogP contribution in [0.2, 0.25) is 0 Å². The van der Waals surface area contributed by atoms with E-state index in [1.807, 2.05) is 0 Å². The first-order valence-electron chi connectivity index (χ1n) is 8.32. The molecule has 2 N–H and O–H groups in total. The molecule has 3 saturated heterocycles. The molecule has 3 rings (SSSR count). The summed E-state index contributed by atoms with van der Waals surface area (Å²) in [5, 5.41) is 6.46. The zero-order valence-corrected chi connectivity index (χ0v) is 13.2. The minimum absolute atomic E-state index is 0.176. The van der Waals surface area contributed by atoms with Gasteiger partial charge in [0, 0.05) is 32.1 Å². The minimum Gasteiger partial charge on any atom is -0.353 e. The largest absolute Gasteiger partial charge is 0.353 e. The molecule has 0 radical (unpaired) electrons. The average Bonchev–Trinajstić information content (AvgIpc) is 2.96. The number of hydrogen-bond donors (Lipinski definition) is 2. The molecule has 0 bridgehead atoms. The van der Waals surface area contributed by atoms with E-state index in [4.69, 9.17) is 0 Å². The van der Waals surface area contributed by atoms with Gasteiger partial charge in [-0.2, -0.15) is 0 Å². The van der Waals surface area contributed by atoms with Gasteiger partial charge in [-0.05, 0) is 37.6 Å². The lowest BCUT2D eigenvalue weighted by Crippen LogP contribution is -2.58. The maximum absolute atomic E-state index is 13.1. The molecule has 0 aliphatic carbocycles. The molecule has 21 heavy (non-hydrogen) atoms. The van der Waals surface area contributed by atoms with Crippen LogP contribution in [0.5, 0.6) is 0 Å². The number of likely N-dealkylation sites (tertiary alicyclic amines) is 1. The Labute approximate surface area is 126 Å². The Hall–Kier alpha value is -1.10. The van der Waals surface area contributed by atoms with Crippen LogP contribution in [0, 0.1) is 17.3 Å². The van der Waals surface area contributed by atoms with Crippen molar-refractivity contribution in [2.24, 2.45) is 17.3 Å². The van der Waals surface area contributed by atoms with E-state index in [-0.39, 0.29) is 17.4 Å². The minimum atomic E-state index is -0.218. The van der Waals surface area contributed by atoms with Gasteiger partial charge in [0.25, 0.3) is 0 Å². The van der Waals surface area contributed by atoms with Gasteiger partial charge in [-0.25, -0.2) is 0 Å². The summed E-state index contributed by atoms with van der Waals surface area (Å²) < 4.78 is 0. The summed E-state index contributed by atoms with van der Waals surface area (Å²) in [7, 11) is 0. The lowest BCUT2D eigenvalue weighted by Gasteiger charge is -2.45. The van der Waals surface area contributed by atoms with Gasteiger partial charge >= 0.3 is 0 Å². The van der Waals surface area contributed by atoms with Crippen molar-refractivity contribution in [2.75, 3.05) is 26.2 Å². The molecular weight excluding hydrogens is 266 g/mol. The highest BCUT2D eigenvalue weighted by Gasteiger charge is 2.47. The average molecular weight is 293 g/mol. The molecule has 0 aromatic heterocycles. The topological polar surface area (TPSA) is 61.4 Å². The number of carbonyl (C=O) groups excluding carboxylic acids is 2. The molecule has 3 aliphatic heterocycles. The number of hydrogen-bond acceptors (Lipinski definition) is 3. The van der Waals surface area contributed by atoms with Crippen molar-refractivity contribution in [3.8, 4) is 0 Å². The van der Waals surface area contributed by atoms with E-state index in [9.17, 15) is 9.59 Å². The van der Waals surface area contributed by atoms with Gasteiger partial charge in [-0.3, -0.25) is 9.59 Å². The van der Waals surface area contributed by atoms with Crippen molar-refractivity contribution in [1.82, 2.24) is 15.5 Å². The Bertz CT molecular complexity index is 429. The molecular formula is C16H27N3O2. The number of rotatable bonds is 2. The van der Waals surface area contributed by atoms with E-state index in [0.29, 0.717) is 24.2 Å². The van der Waals surface area contributed by atoms with Crippen LogP contribution >= 0.6 is 0 Å². The van der Waals surface area contributed by atoms with Crippen molar-refractivity contribution in [3.05, 3.63) is 0 Å². The second-order valence-electron chi connectivity index (χ2n) is 7.25. The molecule has 0 spiro atoms. The van der Waals surface area contributed by atoms with Gasteiger partial charge < -0.3 is 15.5 Å². The summed E-state index contributed by atoms with van der Waals surface area (Å²) in [5.41, 5.74) is -0.218. The molecule has 3 aliphatic rings. The molecule has 0 aromatic carbocycles. The highest BCUT2D eigenvalue weighted by Crippen LogP contribution is 2.38. The van der Waals surface area contributed by atoms with E-state index in [1.165, 1.54) is 0 Å². The second kappa shape index (κ2) is 5.59. The van der Waals surface area contributed by atoms with Gasteiger partial charge in [0.1, 0.15) is 0 Å². The first-order valence-corrected chi connectivity index (χ1v) is 8.32. The molecule has 0 aromatic rings. The highest BCUT2D eigenvalue weighted by molar-refractivity contribution is 5.84. The number of piperidine rings is 2. The van der Waals surface area contributed by atoms with E-state index in [2.05, 4.69) is 29.4 Å². The molecule has 5 heteroatoms. The zero-order valence-electron chi connectivity index (χ0n) is 13.2. The molecule has 3 atom stereocenters. The smallest absolute Gasteiger partial charge is 0.230 e. The number of carbonyl (C=O) groups is 2. The standard InChI is InChI=1S/C16H27N3O2/c1-11(2)16(6-7-17-10-16)15(21)19-8-5-13-12(9-19)3-4-14(20)18-13/h11-13,17H,3-10H2,1-2H3,(H,18,20). The third kappa shape index (κ3) is 2.56. The van der Waals surface area contributed by atoms with Crippen LogP contribution in [0.4, 0.5) is 0 Å². The Balaban J connectivity index is 1.70. The second-order valence-corrected chi connectivity index (χ2v) is 7.25. The highest BCUT2D eigenvalue weighted by atomic mass is 16.2. The van der Waals surface area contributed by atoms with Crippen molar-refractivity contribution >= 4 is 11.8 Å². The van der Waals surface area contributed by atoms with Gasteiger partial charge in [0.2, 0.25) is 11.8 Å². The fraction of sp³-hybridized carbons (Fsp3) is 0.875. The molecule has 2 amide bonds. The predicted molar refractivity (Wildman–Crippen MR) is 80.6 cm³/mol. The lowest BCUT2D eigenvalue weighted by atomic mass is 9.74. The maximum Gasteiger partial charge on any atom is 0.230 e. The first-order chi connectivity index (χ1) is 10.0. The summed E-state index contributed by atoms with van der Waals surface area (Å²) in [6.45, 7) is 7.69. The fourth-order valence-electron chi connectivity index (χ4n) is 4.24. The number of amides is 2. The normalized spacial score (nSPS) is 36.5. The van der Waals surface area contributed by atoms with Gasteiger partial charge in [-0.1, -0.05) is 13.8 Å². The van der Waals surface area contributed by atoms with Crippen molar-refractivity contribution in [3.63, 3.8) is 0 Å². The SMILES string of the molecule is CC(C)C1(C(=O)N2CCC3NC(=O)CCC3C2)CCNC1. The van der Waals surface area contributed by atoms with Gasteiger partial charge in [-0.15, -0.1) is 0 Å². The van der Waals surface area contributed by atoms with Crippen molar-refractivity contribution in [1.29, 1.82) is 0 Å². The molecule has 3 unspecified atom stereocenters. The van der Waals surface area contributed by atoms with E-state index >= 15 is 0 Å². The molecule has 0 saturated carbocycles. The van der Waals surface area contributed by atoms with Gasteiger partial charge in [0.15, 0.2) is 0 Å². The molecule has 5 nitrogen and oxygen atoms in total. The van der Waals surface area contributed by atoms with Gasteiger partial charge in [0.05, 0.1) is 5.41 Å². The number of nitrogens with one attached hydrogen (secondary N) is 2. The van der Waals surface area contributed by atoms with Crippen LogP contribution in [-0.4, -0.2) is 48.9 Å². The number of fused-ring (bicyclic) bond motifs is 1.